The van der Waals surface area contributed by atoms with Crippen LogP contribution >= 0.6 is 0 Å². The number of furan rings is 1. The molecule has 0 aliphatic carbocycles. The molecule has 5 rings (SSSR count). The van der Waals surface area contributed by atoms with Crippen LogP contribution in [-0.4, -0.2) is 4.98 Å². The second-order valence-electron chi connectivity index (χ2n) is 6.26. The summed E-state index contributed by atoms with van der Waals surface area (Å²) in [6.45, 7) is -2.28. The second-order valence-corrected chi connectivity index (χ2v) is 6.26. The zero-order valence-corrected chi connectivity index (χ0v) is 13.9. The van der Waals surface area contributed by atoms with Crippen LogP contribution in [0.5, 0.6) is 0 Å². The van der Waals surface area contributed by atoms with Gasteiger partial charge < -0.3 is 4.42 Å². The largest absolute Gasteiger partial charge is 0.455 e. The Morgan fingerprint density at radius 3 is 2.50 bits per heavy atom. The Labute approximate surface area is 156 Å². The predicted molar refractivity (Wildman–Crippen MR) is 107 cm³/mol. The highest BCUT2D eigenvalue weighted by molar-refractivity contribution is 6.09. The molecule has 0 fully saturated rings. The molecule has 2 aromatic heterocycles. The molecule has 0 spiro atoms. The van der Waals surface area contributed by atoms with Gasteiger partial charge in [0.15, 0.2) is 0 Å². The molecule has 0 amide bonds. The third-order valence-electron chi connectivity index (χ3n) is 4.67. The summed E-state index contributed by atoms with van der Waals surface area (Å²) in [6, 6.07) is 24.9. The fourth-order valence-corrected chi connectivity index (χ4v) is 3.40. The van der Waals surface area contributed by atoms with Gasteiger partial charge >= 0.3 is 0 Å². The summed E-state index contributed by atoms with van der Waals surface area (Å²) in [4.78, 5) is 4.57. The maximum Gasteiger partial charge on any atom is 0.143 e. The topological polar surface area (TPSA) is 26.0 Å². The van der Waals surface area contributed by atoms with E-state index in [0.29, 0.717) is 16.8 Å². The number of fused-ring (bicyclic) bond motifs is 3. The molecule has 0 atom stereocenters. The van der Waals surface area contributed by atoms with Crippen LogP contribution in [0.3, 0.4) is 0 Å². The van der Waals surface area contributed by atoms with Crippen molar-refractivity contribution in [3.05, 3.63) is 90.6 Å². The molecule has 0 radical (unpaired) electrons. The number of hydrogen-bond acceptors (Lipinski definition) is 2. The first-order valence-electron chi connectivity index (χ1n) is 9.99. The second kappa shape index (κ2) is 5.85. The molecule has 2 nitrogen and oxygen atoms in total. The number of aryl methyl sites for hydroxylation is 1. The summed E-state index contributed by atoms with van der Waals surface area (Å²) in [6.07, 6.45) is 1.64. The Morgan fingerprint density at radius 1 is 0.808 bits per heavy atom. The number of nitrogens with zero attached hydrogens (tertiary/aromatic N) is 1. The maximum atomic E-state index is 8.11. The quantitative estimate of drug-likeness (QED) is 0.361. The van der Waals surface area contributed by atoms with Gasteiger partial charge in [-0.3, -0.25) is 4.98 Å². The van der Waals surface area contributed by atoms with Crippen molar-refractivity contribution in [3.63, 3.8) is 0 Å². The molecule has 2 heterocycles. The van der Waals surface area contributed by atoms with Crippen molar-refractivity contribution in [2.24, 2.45) is 0 Å². The van der Waals surface area contributed by atoms with Crippen molar-refractivity contribution in [1.29, 1.82) is 0 Å². The van der Waals surface area contributed by atoms with Crippen molar-refractivity contribution < 1.29 is 8.53 Å². The van der Waals surface area contributed by atoms with Gasteiger partial charge in [0.25, 0.3) is 0 Å². The van der Waals surface area contributed by atoms with E-state index < -0.39 is 6.85 Å². The fraction of sp³-hybridized carbons (Fsp3) is 0.0417. The summed E-state index contributed by atoms with van der Waals surface area (Å²) in [5.74, 6) is 0. The molecule has 5 aromatic rings. The highest BCUT2D eigenvalue weighted by Gasteiger charge is 2.14. The SMILES string of the molecule is [2H]C([2H])([2H])c1cc(-c2ccccc2)ncc1-c1cccc2c1oc1ccccc12. The molecule has 0 bridgehead atoms. The van der Waals surface area contributed by atoms with E-state index in [-0.39, 0.29) is 5.56 Å². The predicted octanol–water partition coefficient (Wildman–Crippen LogP) is 6.62. The number of pyridine rings is 1. The Kier molecular flexibility index (Phi) is 2.71. The van der Waals surface area contributed by atoms with Crippen LogP contribution < -0.4 is 0 Å². The minimum atomic E-state index is -2.28. The van der Waals surface area contributed by atoms with Gasteiger partial charge in [0.05, 0.1) is 5.69 Å². The van der Waals surface area contributed by atoms with Gasteiger partial charge in [-0.25, -0.2) is 0 Å². The van der Waals surface area contributed by atoms with E-state index in [1.165, 1.54) is 0 Å². The zero-order valence-electron chi connectivity index (χ0n) is 16.9. The first kappa shape index (κ1) is 12.0. The van der Waals surface area contributed by atoms with Crippen LogP contribution in [0.25, 0.3) is 44.3 Å². The van der Waals surface area contributed by atoms with Crippen molar-refractivity contribution in [1.82, 2.24) is 4.98 Å². The van der Waals surface area contributed by atoms with E-state index >= 15 is 0 Å². The number of hydrogen-bond donors (Lipinski definition) is 0. The van der Waals surface area contributed by atoms with Gasteiger partial charge in [-0.05, 0) is 24.5 Å². The minimum Gasteiger partial charge on any atom is -0.455 e. The van der Waals surface area contributed by atoms with E-state index in [0.717, 1.165) is 27.5 Å². The number of rotatable bonds is 2. The molecule has 0 saturated carbocycles. The number of para-hydroxylation sites is 2. The molecule has 3 aromatic carbocycles. The minimum absolute atomic E-state index is 0.263. The molecule has 26 heavy (non-hydrogen) atoms. The molecule has 0 N–H and O–H groups in total. The van der Waals surface area contributed by atoms with Gasteiger partial charge in [0, 0.05) is 37.8 Å². The van der Waals surface area contributed by atoms with Crippen molar-refractivity contribution in [2.75, 3.05) is 0 Å². The average molecular weight is 338 g/mol. The van der Waals surface area contributed by atoms with E-state index in [2.05, 4.69) is 4.98 Å². The standard InChI is InChI=1S/C24H17NO/c1-16-14-22(17-8-3-2-4-9-17)25-15-21(16)20-12-7-11-19-18-10-5-6-13-23(18)26-24(19)20/h2-15H,1H3/i1D3. The fourth-order valence-electron chi connectivity index (χ4n) is 3.40. The van der Waals surface area contributed by atoms with E-state index in [1.807, 2.05) is 72.8 Å². The summed E-state index contributed by atoms with van der Waals surface area (Å²) < 4.78 is 30.4. The van der Waals surface area contributed by atoms with Gasteiger partial charge in [-0.2, -0.15) is 0 Å². The lowest BCUT2D eigenvalue weighted by Gasteiger charge is -2.09. The number of aromatic nitrogens is 1. The third-order valence-corrected chi connectivity index (χ3v) is 4.67. The molecule has 124 valence electrons. The molecular weight excluding hydrogens is 318 g/mol. The first-order chi connectivity index (χ1) is 14.0. The average Bonchev–Trinajstić information content (AvgIpc) is 3.12. The van der Waals surface area contributed by atoms with Crippen molar-refractivity contribution in [2.45, 2.75) is 6.85 Å². The van der Waals surface area contributed by atoms with Crippen LogP contribution in [0.2, 0.25) is 0 Å². The van der Waals surface area contributed by atoms with Gasteiger partial charge in [-0.15, -0.1) is 0 Å². The monoisotopic (exact) mass is 338 g/mol. The molecular formula is C24H17NO. The zero-order chi connectivity index (χ0) is 20.0. The Balaban J connectivity index is 1.78. The molecule has 0 saturated heterocycles. The first-order valence-corrected chi connectivity index (χ1v) is 8.49. The maximum absolute atomic E-state index is 8.11. The molecule has 2 heteroatoms. The smallest absolute Gasteiger partial charge is 0.143 e. The van der Waals surface area contributed by atoms with Gasteiger partial charge in [0.2, 0.25) is 0 Å². The van der Waals surface area contributed by atoms with Crippen LogP contribution in [0, 0.1) is 6.85 Å². The van der Waals surface area contributed by atoms with Gasteiger partial charge in [0.1, 0.15) is 11.2 Å². The van der Waals surface area contributed by atoms with E-state index in [9.17, 15) is 0 Å². The van der Waals surface area contributed by atoms with Crippen LogP contribution in [0.15, 0.2) is 89.5 Å². The lowest BCUT2D eigenvalue weighted by Crippen LogP contribution is -1.90. The Bertz CT molecular complexity index is 1340. The van der Waals surface area contributed by atoms with Crippen molar-refractivity contribution in [3.8, 4) is 22.4 Å². The summed E-state index contributed by atoms with van der Waals surface area (Å²) >= 11 is 0. The van der Waals surface area contributed by atoms with Crippen LogP contribution in [0.4, 0.5) is 0 Å². The molecule has 0 aliphatic rings. The van der Waals surface area contributed by atoms with Crippen LogP contribution in [0.1, 0.15) is 9.68 Å². The lowest BCUT2D eigenvalue weighted by atomic mass is 9.98. The Morgan fingerprint density at radius 2 is 1.62 bits per heavy atom. The summed E-state index contributed by atoms with van der Waals surface area (Å²) in [5.41, 5.74) is 4.53. The molecule has 0 unspecified atom stereocenters. The highest BCUT2D eigenvalue weighted by atomic mass is 16.3. The third kappa shape index (κ3) is 2.31. The van der Waals surface area contributed by atoms with Gasteiger partial charge in [-0.1, -0.05) is 66.7 Å². The van der Waals surface area contributed by atoms with E-state index in [4.69, 9.17) is 8.53 Å². The summed E-state index contributed by atoms with van der Waals surface area (Å²) in [5, 5.41) is 1.97. The number of benzene rings is 3. The summed E-state index contributed by atoms with van der Waals surface area (Å²) in [7, 11) is 0. The Hall–Kier alpha value is -3.39. The van der Waals surface area contributed by atoms with E-state index in [1.54, 1.807) is 12.3 Å². The van der Waals surface area contributed by atoms with Crippen LogP contribution in [-0.2, 0) is 0 Å². The molecule has 0 aliphatic heterocycles. The highest BCUT2D eigenvalue weighted by Crippen LogP contribution is 2.37. The lowest BCUT2D eigenvalue weighted by molar-refractivity contribution is 0.670. The van der Waals surface area contributed by atoms with Crippen molar-refractivity contribution >= 4 is 21.9 Å². The normalized spacial score (nSPS) is 13.5.